The van der Waals surface area contributed by atoms with Gasteiger partial charge in [-0.25, -0.2) is 4.68 Å². The fourth-order valence-electron chi connectivity index (χ4n) is 3.67. The second kappa shape index (κ2) is 7.15. The molecule has 7 nitrogen and oxygen atoms in total. The normalized spacial score (nSPS) is 15.3. The molecule has 4 rings (SSSR count). The first kappa shape index (κ1) is 17.7. The second-order valence-corrected chi connectivity index (χ2v) is 7.26. The van der Waals surface area contributed by atoms with Gasteiger partial charge in [-0.2, -0.15) is 10.2 Å². The number of benzene rings is 1. The molecule has 1 aromatic carbocycles. The molecule has 0 amide bonds. The highest BCUT2D eigenvalue weighted by atomic mass is 16.5. The number of nitrogens with one attached hydrogen (secondary N) is 1. The van der Waals surface area contributed by atoms with Gasteiger partial charge in [0.25, 0.3) is 0 Å². The quantitative estimate of drug-likeness (QED) is 0.766. The monoisotopic (exact) mass is 366 g/mol. The average Bonchev–Trinajstić information content (AvgIpc) is 3.01. The SMILES string of the molecule is Cc1nnc(N(C)C)c2nn(-c3ccccc3OC3CCNCC3)c(C)c12. The van der Waals surface area contributed by atoms with Crippen LogP contribution in [0.1, 0.15) is 24.2 Å². The zero-order chi connectivity index (χ0) is 19.0. The smallest absolute Gasteiger partial charge is 0.179 e. The summed E-state index contributed by atoms with van der Waals surface area (Å²) in [6.45, 7) is 6.05. The van der Waals surface area contributed by atoms with Crippen LogP contribution in [0.25, 0.3) is 16.6 Å². The Morgan fingerprint density at radius 2 is 1.85 bits per heavy atom. The topological polar surface area (TPSA) is 68.1 Å². The molecule has 0 atom stereocenters. The van der Waals surface area contributed by atoms with Crippen LogP contribution in [0.4, 0.5) is 5.82 Å². The van der Waals surface area contributed by atoms with Gasteiger partial charge in [-0.3, -0.25) is 0 Å². The summed E-state index contributed by atoms with van der Waals surface area (Å²) in [6, 6.07) is 8.12. The van der Waals surface area contributed by atoms with E-state index in [-0.39, 0.29) is 6.10 Å². The summed E-state index contributed by atoms with van der Waals surface area (Å²) in [5.41, 5.74) is 3.74. The van der Waals surface area contributed by atoms with E-state index < -0.39 is 0 Å². The van der Waals surface area contributed by atoms with Crippen LogP contribution in [0.15, 0.2) is 24.3 Å². The van der Waals surface area contributed by atoms with E-state index in [4.69, 9.17) is 9.84 Å². The summed E-state index contributed by atoms with van der Waals surface area (Å²) in [7, 11) is 3.92. The second-order valence-electron chi connectivity index (χ2n) is 7.26. The number of hydrogen-bond donors (Lipinski definition) is 1. The van der Waals surface area contributed by atoms with Gasteiger partial charge in [-0.05, 0) is 51.9 Å². The van der Waals surface area contributed by atoms with Crippen molar-refractivity contribution < 1.29 is 4.74 Å². The molecule has 0 saturated carbocycles. The van der Waals surface area contributed by atoms with Crippen LogP contribution in [-0.4, -0.2) is 53.3 Å². The van der Waals surface area contributed by atoms with Crippen LogP contribution in [0.2, 0.25) is 0 Å². The molecule has 1 aliphatic heterocycles. The Bertz CT molecular complexity index is 959. The van der Waals surface area contributed by atoms with Crippen molar-refractivity contribution in [1.29, 1.82) is 0 Å². The third kappa shape index (κ3) is 3.23. The highest BCUT2D eigenvalue weighted by molar-refractivity contribution is 5.92. The zero-order valence-electron chi connectivity index (χ0n) is 16.4. The van der Waals surface area contributed by atoms with Gasteiger partial charge < -0.3 is 15.0 Å². The van der Waals surface area contributed by atoms with Gasteiger partial charge in [0.2, 0.25) is 0 Å². The van der Waals surface area contributed by atoms with Crippen molar-refractivity contribution >= 4 is 16.7 Å². The van der Waals surface area contributed by atoms with E-state index >= 15 is 0 Å². The molecule has 1 fully saturated rings. The van der Waals surface area contributed by atoms with Gasteiger partial charge in [0.1, 0.15) is 23.1 Å². The first-order valence-corrected chi connectivity index (χ1v) is 9.43. The Kier molecular flexibility index (Phi) is 4.70. The Balaban J connectivity index is 1.82. The molecule has 0 spiro atoms. The summed E-state index contributed by atoms with van der Waals surface area (Å²) in [5.74, 6) is 1.64. The molecule has 3 heterocycles. The molecule has 27 heavy (non-hydrogen) atoms. The molecule has 3 aromatic rings. The summed E-state index contributed by atoms with van der Waals surface area (Å²) >= 11 is 0. The van der Waals surface area contributed by atoms with Crippen molar-refractivity contribution in [3.8, 4) is 11.4 Å². The molecule has 0 bridgehead atoms. The number of aryl methyl sites for hydroxylation is 2. The number of piperidine rings is 1. The van der Waals surface area contributed by atoms with E-state index in [1.54, 1.807) is 0 Å². The molecule has 1 N–H and O–H groups in total. The van der Waals surface area contributed by atoms with Gasteiger partial charge in [-0.1, -0.05) is 12.1 Å². The average molecular weight is 366 g/mol. The van der Waals surface area contributed by atoms with Crippen molar-refractivity contribution in [2.75, 3.05) is 32.1 Å². The van der Waals surface area contributed by atoms with Crippen molar-refractivity contribution in [2.45, 2.75) is 32.8 Å². The lowest BCUT2D eigenvalue weighted by molar-refractivity contribution is 0.162. The zero-order valence-corrected chi connectivity index (χ0v) is 16.4. The number of nitrogens with zero attached hydrogens (tertiary/aromatic N) is 5. The van der Waals surface area contributed by atoms with Crippen LogP contribution < -0.4 is 15.0 Å². The van der Waals surface area contributed by atoms with Gasteiger partial charge in [0.05, 0.1) is 16.8 Å². The third-order valence-electron chi connectivity index (χ3n) is 5.08. The third-order valence-corrected chi connectivity index (χ3v) is 5.08. The Morgan fingerprint density at radius 3 is 2.59 bits per heavy atom. The number of fused-ring (bicyclic) bond motifs is 1. The molecule has 7 heteroatoms. The predicted octanol–water partition coefficient (Wildman–Crippen LogP) is 2.63. The standard InChI is InChI=1S/C20H26N6O/c1-13-18-14(2)26(24-19(18)20(23-22-13)25(3)4)16-7-5-6-8-17(16)27-15-9-11-21-12-10-15/h5-8,15,21H,9-12H2,1-4H3. The maximum Gasteiger partial charge on any atom is 0.179 e. The van der Waals surface area contributed by atoms with E-state index in [0.717, 1.165) is 65.5 Å². The summed E-state index contributed by atoms with van der Waals surface area (Å²) in [5, 5.41) is 18.0. The maximum atomic E-state index is 6.36. The fraction of sp³-hybridized carbons (Fsp3) is 0.450. The van der Waals surface area contributed by atoms with Crippen molar-refractivity contribution in [2.24, 2.45) is 0 Å². The van der Waals surface area contributed by atoms with E-state index in [0.29, 0.717) is 0 Å². The molecule has 1 saturated heterocycles. The van der Waals surface area contributed by atoms with Crippen LogP contribution >= 0.6 is 0 Å². The molecule has 2 aromatic heterocycles. The Hall–Kier alpha value is -2.67. The fourth-order valence-corrected chi connectivity index (χ4v) is 3.67. The van der Waals surface area contributed by atoms with Gasteiger partial charge in [0.15, 0.2) is 5.82 Å². The number of aromatic nitrogens is 4. The Morgan fingerprint density at radius 1 is 1.11 bits per heavy atom. The van der Waals surface area contributed by atoms with Crippen molar-refractivity contribution in [3.63, 3.8) is 0 Å². The number of anilines is 1. The minimum Gasteiger partial charge on any atom is -0.488 e. The molecule has 0 radical (unpaired) electrons. The number of para-hydroxylation sites is 2. The highest BCUT2D eigenvalue weighted by Crippen LogP contribution is 2.32. The number of ether oxygens (including phenoxy) is 1. The lowest BCUT2D eigenvalue weighted by Crippen LogP contribution is -2.34. The lowest BCUT2D eigenvalue weighted by atomic mass is 10.1. The van der Waals surface area contributed by atoms with Crippen LogP contribution in [0.3, 0.4) is 0 Å². The lowest BCUT2D eigenvalue weighted by Gasteiger charge is -2.25. The van der Waals surface area contributed by atoms with Gasteiger partial charge in [-0.15, -0.1) is 5.10 Å². The van der Waals surface area contributed by atoms with Gasteiger partial charge in [0, 0.05) is 14.1 Å². The summed E-state index contributed by atoms with van der Waals surface area (Å²) in [6.07, 6.45) is 2.28. The van der Waals surface area contributed by atoms with Crippen LogP contribution in [-0.2, 0) is 0 Å². The van der Waals surface area contributed by atoms with E-state index in [2.05, 4.69) is 28.5 Å². The maximum absolute atomic E-state index is 6.36. The minimum absolute atomic E-state index is 0.236. The molecule has 0 aliphatic carbocycles. The summed E-state index contributed by atoms with van der Waals surface area (Å²) in [4.78, 5) is 1.95. The van der Waals surface area contributed by atoms with E-state index in [1.165, 1.54) is 0 Å². The van der Waals surface area contributed by atoms with Crippen molar-refractivity contribution in [3.05, 3.63) is 35.7 Å². The van der Waals surface area contributed by atoms with E-state index in [9.17, 15) is 0 Å². The largest absolute Gasteiger partial charge is 0.488 e. The van der Waals surface area contributed by atoms with Crippen LogP contribution in [0, 0.1) is 13.8 Å². The predicted molar refractivity (Wildman–Crippen MR) is 107 cm³/mol. The van der Waals surface area contributed by atoms with Crippen molar-refractivity contribution in [1.82, 2.24) is 25.3 Å². The Labute approximate surface area is 159 Å². The highest BCUT2D eigenvalue weighted by Gasteiger charge is 2.21. The number of hydrogen-bond acceptors (Lipinski definition) is 6. The van der Waals surface area contributed by atoms with Crippen LogP contribution in [0.5, 0.6) is 5.75 Å². The molecule has 142 valence electrons. The summed E-state index contributed by atoms with van der Waals surface area (Å²) < 4.78 is 8.32. The van der Waals surface area contributed by atoms with E-state index in [1.807, 2.05) is 48.8 Å². The molecule has 0 unspecified atom stereocenters. The number of rotatable bonds is 4. The minimum atomic E-state index is 0.236. The first-order valence-electron chi connectivity index (χ1n) is 9.43. The molecule has 1 aliphatic rings. The molecular formula is C20H26N6O. The first-order chi connectivity index (χ1) is 13.1. The van der Waals surface area contributed by atoms with Gasteiger partial charge >= 0.3 is 0 Å². The molecular weight excluding hydrogens is 340 g/mol.